The van der Waals surface area contributed by atoms with Crippen molar-refractivity contribution in [2.75, 3.05) is 34.2 Å². The van der Waals surface area contributed by atoms with E-state index in [0.717, 1.165) is 5.56 Å². The van der Waals surface area contributed by atoms with Gasteiger partial charge in [0, 0.05) is 0 Å². The Labute approximate surface area is 164 Å². The van der Waals surface area contributed by atoms with Crippen LogP contribution in [0.2, 0.25) is 0 Å². The Hall–Kier alpha value is -2.41. The van der Waals surface area contributed by atoms with Gasteiger partial charge in [-0.3, -0.25) is 0 Å². The molecule has 27 heavy (non-hydrogen) atoms. The molecule has 0 unspecified atom stereocenters. The molecule has 7 nitrogen and oxygen atoms in total. The molecule has 0 aliphatic rings. The van der Waals surface area contributed by atoms with Crippen LogP contribution in [-0.4, -0.2) is 55.1 Å². The summed E-state index contributed by atoms with van der Waals surface area (Å²) in [5.74, 6) is 0.420. The minimum atomic E-state index is -0.469. The summed E-state index contributed by atoms with van der Waals surface area (Å²) in [5.41, 5.74) is 9.86. The second-order valence-corrected chi connectivity index (χ2v) is 7.56. The third-order valence-electron chi connectivity index (χ3n) is 3.50. The van der Waals surface area contributed by atoms with E-state index in [1.54, 1.807) is 6.07 Å². The van der Waals surface area contributed by atoms with Crippen LogP contribution in [0.4, 0.5) is 0 Å². The first-order valence-corrected chi connectivity index (χ1v) is 10.3. The van der Waals surface area contributed by atoms with E-state index < -0.39 is 5.97 Å². The zero-order valence-corrected chi connectivity index (χ0v) is 17.0. The van der Waals surface area contributed by atoms with Gasteiger partial charge in [-0.15, -0.1) is 0 Å². The monoisotopic (exact) mass is 438 g/mol. The van der Waals surface area contributed by atoms with E-state index in [2.05, 4.69) is 12.1 Å². The van der Waals surface area contributed by atoms with Gasteiger partial charge in [0.05, 0.1) is 0 Å². The van der Waals surface area contributed by atoms with Crippen LogP contribution in [0.25, 0.3) is 5.53 Å². The predicted octanol–water partition coefficient (Wildman–Crippen LogP) is 0.467. The molecule has 2 rings (SSSR count). The zero-order chi connectivity index (χ0) is 19.5. The topological polar surface area (TPSA) is 90.3 Å². The third-order valence-corrected chi connectivity index (χ3v) is 5.73. The molecule has 2 aromatic carbocycles. The number of hydrogen-bond acceptors (Lipinski definition) is 5. The van der Waals surface area contributed by atoms with Gasteiger partial charge in [-0.1, -0.05) is 0 Å². The van der Waals surface area contributed by atoms with E-state index in [1.807, 2.05) is 29.4 Å². The fourth-order valence-electron chi connectivity index (χ4n) is 2.30. The van der Waals surface area contributed by atoms with Gasteiger partial charge in [0.25, 0.3) is 0 Å². The van der Waals surface area contributed by atoms with Crippen molar-refractivity contribution in [1.82, 2.24) is 0 Å². The summed E-state index contributed by atoms with van der Waals surface area (Å²) in [7, 11) is 2.84. The van der Waals surface area contributed by atoms with Crippen molar-refractivity contribution in [3.05, 3.63) is 59.1 Å². The molecule has 2 aromatic rings. The van der Waals surface area contributed by atoms with Gasteiger partial charge < -0.3 is 0 Å². The number of ether oxygens (including phenoxy) is 4. The van der Waals surface area contributed by atoms with Gasteiger partial charge in [-0.2, -0.15) is 0 Å². The Balaban J connectivity index is 2.35. The molecule has 0 bridgehead atoms. The van der Waals surface area contributed by atoms with E-state index in [-0.39, 0.29) is 34.9 Å². The third kappa shape index (κ3) is 6.36. The van der Waals surface area contributed by atoms with Crippen molar-refractivity contribution in [2.45, 2.75) is 5.32 Å². The Kier molecular flexibility index (Phi) is 8.77. The van der Waals surface area contributed by atoms with E-state index in [9.17, 15) is 4.79 Å². The van der Waals surface area contributed by atoms with Crippen molar-refractivity contribution in [1.29, 1.82) is 0 Å². The standard InChI is InChI=1S/C19H22N2O5Se/c1-23-13-26-17-11-15(25-9-8-21-20)10-14(18(17)19(22)24-2)12-27-16-6-4-3-5-7-16/h3-7,10-11,21H,8-9,12-13H2,1-2H3. The molecular weight excluding hydrogens is 415 g/mol. The van der Waals surface area contributed by atoms with Crippen LogP contribution < -0.4 is 19.0 Å². The average molecular weight is 437 g/mol. The minimum absolute atomic E-state index is 0.00505. The first kappa shape index (κ1) is 20.9. The van der Waals surface area contributed by atoms with Crippen molar-refractivity contribution < 1.29 is 28.9 Å². The first-order valence-electron chi connectivity index (χ1n) is 8.24. The fraction of sp³-hybridized carbons (Fsp3) is 0.316. The summed E-state index contributed by atoms with van der Waals surface area (Å²) >= 11 is 0.119. The molecule has 0 aliphatic heterocycles. The SMILES string of the molecule is COCOc1cc(OCC[NH+]=[N-])cc(C[Se]c2ccccc2)c1C(=O)OC. The number of methoxy groups -OCH3 is 2. The normalized spacial score (nSPS) is 10.3. The molecule has 0 atom stereocenters. The van der Waals surface area contributed by atoms with Crippen LogP contribution in [0, 0.1) is 0 Å². The van der Waals surface area contributed by atoms with Crippen molar-refractivity contribution >= 4 is 25.4 Å². The number of carbonyl (C=O) groups excluding carboxylic acids is 1. The predicted molar refractivity (Wildman–Crippen MR) is 101 cm³/mol. The summed E-state index contributed by atoms with van der Waals surface area (Å²) in [4.78, 5) is 12.4. The Morgan fingerprint density at radius 2 is 1.93 bits per heavy atom. The van der Waals surface area contributed by atoms with Crippen LogP contribution in [0.15, 0.2) is 42.5 Å². The molecule has 0 aliphatic carbocycles. The molecule has 0 radical (unpaired) electrons. The molecule has 0 fully saturated rings. The molecule has 0 aromatic heterocycles. The Morgan fingerprint density at radius 3 is 2.59 bits per heavy atom. The number of rotatable bonds is 11. The summed E-state index contributed by atoms with van der Waals surface area (Å²) in [5, 5.41) is 2.71. The van der Waals surface area contributed by atoms with Crippen LogP contribution in [-0.2, 0) is 14.8 Å². The Bertz CT molecular complexity index is 755. The van der Waals surface area contributed by atoms with Crippen LogP contribution >= 0.6 is 0 Å². The molecule has 0 saturated carbocycles. The van der Waals surface area contributed by atoms with E-state index in [1.165, 1.54) is 18.7 Å². The van der Waals surface area contributed by atoms with E-state index >= 15 is 0 Å². The molecule has 8 heteroatoms. The van der Waals surface area contributed by atoms with E-state index in [0.29, 0.717) is 22.4 Å². The second kappa shape index (κ2) is 11.3. The summed E-state index contributed by atoms with van der Waals surface area (Å²) in [6, 6.07) is 13.5. The number of nitrogens with zero attached hydrogens (tertiary/aromatic N) is 1. The molecule has 0 heterocycles. The maximum atomic E-state index is 12.4. The molecular formula is C19H22N2O5Se. The molecule has 0 saturated heterocycles. The van der Waals surface area contributed by atoms with Gasteiger partial charge >= 0.3 is 164 Å². The zero-order valence-electron chi connectivity index (χ0n) is 15.3. The number of benzene rings is 2. The van der Waals surface area contributed by atoms with Crippen LogP contribution in [0.5, 0.6) is 11.5 Å². The van der Waals surface area contributed by atoms with Crippen molar-refractivity contribution in [3.63, 3.8) is 0 Å². The molecule has 144 valence electrons. The first-order chi connectivity index (χ1) is 13.2. The Morgan fingerprint density at radius 1 is 1.15 bits per heavy atom. The number of esters is 1. The van der Waals surface area contributed by atoms with Crippen molar-refractivity contribution in [3.8, 4) is 11.5 Å². The summed E-state index contributed by atoms with van der Waals surface area (Å²) in [6.45, 7) is 0.534. The fourth-order valence-corrected chi connectivity index (χ4v) is 4.19. The van der Waals surface area contributed by atoms with Crippen LogP contribution in [0.1, 0.15) is 15.9 Å². The summed E-state index contributed by atoms with van der Waals surface area (Å²) < 4.78 is 22.4. The quantitative estimate of drug-likeness (QED) is 0.182. The number of carbonyl (C=O) groups is 1. The molecule has 1 N–H and O–H groups in total. The maximum absolute atomic E-state index is 12.4. The van der Waals surface area contributed by atoms with Gasteiger partial charge in [-0.25, -0.2) is 0 Å². The van der Waals surface area contributed by atoms with Gasteiger partial charge in [0.15, 0.2) is 0 Å². The number of nitrogens with one attached hydrogen (secondary N) is 1. The second-order valence-electron chi connectivity index (χ2n) is 5.36. The van der Waals surface area contributed by atoms with Gasteiger partial charge in [0.1, 0.15) is 0 Å². The summed E-state index contributed by atoms with van der Waals surface area (Å²) in [6.07, 6.45) is 0. The average Bonchev–Trinajstić information content (AvgIpc) is 2.71. The van der Waals surface area contributed by atoms with E-state index in [4.69, 9.17) is 24.5 Å². The van der Waals surface area contributed by atoms with Gasteiger partial charge in [-0.05, 0) is 0 Å². The molecule has 0 amide bonds. The van der Waals surface area contributed by atoms with Crippen LogP contribution in [0.3, 0.4) is 0 Å². The van der Waals surface area contributed by atoms with Crippen molar-refractivity contribution in [2.24, 2.45) is 0 Å². The van der Waals surface area contributed by atoms with Gasteiger partial charge in [0.2, 0.25) is 0 Å². The number of hydrogen-bond donors (Lipinski definition) is 1. The molecule has 0 spiro atoms.